The van der Waals surface area contributed by atoms with Crippen LogP contribution in [0.3, 0.4) is 0 Å². The number of halogens is 2. The van der Waals surface area contributed by atoms with Gasteiger partial charge in [-0.05, 0) is 38.1 Å². The summed E-state index contributed by atoms with van der Waals surface area (Å²) >= 11 is -0.959. The van der Waals surface area contributed by atoms with E-state index in [1.165, 1.54) is 22.4 Å². The van der Waals surface area contributed by atoms with Crippen LogP contribution >= 0.6 is 31.7 Å². The molecule has 3 aromatic rings. The Morgan fingerprint density at radius 1 is 0.939 bits per heavy atom. The normalized spacial score (nSPS) is 12.6. The van der Waals surface area contributed by atoms with Crippen molar-refractivity contribution in [3.63, 3.8) is 0 Å². The molecule has 0 fully saturated rings. The molecule has 0 atom stereocenters. The van der Waals surface area contributed by atoms with Crippen molar-refractivity contribution in [3.8, 4) is 11.5 Å². The summed E-state index contributed by atoms with van der Waals surface area (Å²) in [4.78, 5) is 2.23. The zero-order valence-corrected chi connectivity index (χ0v) is 22.7. The third-order valence-corrected chi connectivity index (χ3v) is 7.04. The van der Waals surface area contributed by atoms with Crippen molar-refractivity contribution in [2.75, 3.05) is 4.90 Å². The van der Waals surface area contributed by atoms with Crippen LogP contribution in [-0.2, 0) is 13.5 Å². The van der Waals surface area contributed by atoms with Gasteiger partial charge in [0.2, 0.25) is 0 Å². The van der Waals surface area contributed by atoms with Gasteiger partial charge in [0.05, 0.1) is 0 Å². The number of anilines is 1. The van der Waals surface area contributed by atoms with Gasteiger partial charge >= 0.3 is 130 Å². The SMILES string of the molecule is Cc1cc(C)c(N2C=CC[CH-]2)c(C)c1.[Cl][Ru]([Cl])=[CH]c1ccccc1OSOc1ccccc1. The van der Waals surface area contributed by atoms with Crippen LogP contribution in [0.4, 0.5) is 5.69 Å². The summed E-state index contributed by atoms with van der Waals surface area (Å²) in [5.41, 5.74) is 6.27. The van der Waals surface area contributed by atoms with Crippen LogP contribution in [0, 0.1) is 27.3 Å². The van der Waals surface area contributed by atoms with Crippen LogP contribution in [0.15, 0.2) is 79.0 Å². The van der Waals surface area contributed by atoms with Gasteiger partial charge in [-0.2, -0.15) is 0 Å². The molecule has 0 N–H and O–H groups in total. The quantitative estimate of drug-likeness (QED) is 0.164. The summed E-state index contributed by atoms with van der Waals surface area (Å²) in [5.74, 6) is 1.42. The van der Waals surface area contributed by atoms with Gasteiger partial charge < -0.3 is 4.90 Å². The molecule has 0 saturated heterocycles. The minimum absolute atomic E-state index is 0.684. The average Bonchev–Trinajstić information content (AvgIpc) is 3.29. The maximum atomic E-state index is 5.87. The molecule has 4 rings (SSSR count). The Hall–Kier alpha value is -1.78. The first-order valence-corrected chi connectivity index (χ1v) is 16.4. The predicted octanol–water partition coefficient (Wildman–Crippen LogP) is 8.28. The fourth-order valence-electron chi connectivity index (χ4n) is 3.45. The molecule has 0 aliphatic carbocycles. The second kappa shape index (κ2) is 13.2. The van der Waals surface area contributed by atoms with E-state index >= 15 is 0 Å². The van der Waals surface area contributed by atoms with Crippen molar-refractivity contribution >= 4 is 42.0 Å². The second-order valence-electron chi connectivity index (χ2n) is 7.35. The molecule has 176 valence electrons. The predicted molar refractivity (Wildman–Crippen MR) is 140 cm³/mol. The van der Waals surface area contributed by atoms with Gasteiger partial charge in [0.25, 0.3) is 0 Å². The van der Waals surface area contributed by atoms with Crippen molar-refractivity contribution in [3.05, 3.63) is 108 Å². The molecule has 3 nitrogen and oxygen atoms in total. The van der Waals surface area contributed by atoms with E-state index in [1.807, 2.05) is 59.2 Å². The first kappa shape index (κ1) is 25.8. The fourth-order valence-corrected chi connectivity index (χ4v) is 5.70. The number of hydrogen-bond donors (Lipinski definition) is 0. The molecule has 1 heterocycles. The summed E-state index contributed by atoms with van der Waals surface area (Å²) < 4.78 is 12.7. The van der Waals surface area contributed by atoms with Crippen molar-refractivity contribution in [2.45, 2.75) is 27.2 Å². The molecule has 1 aliphatic rings. The maximum absolute atomic E-state index is 5.87. The molecule has 0 spiro atoms. The van der Waals surface area contributed by atoms with E-state index in [0.717, 1.165) is 30.1 Å². The van der Waals surface area contributed by atoms with Crippen LogP contribution in [0.2, 0.25) is 0 Å². The van der Waals surface area contributed by atoms with Crippen LogP contribution in [0.25, 0.3) is 0 Å². The number of benzene rings is 3. The van der Waals surface area contributed by atoms with Crippen molar-refractivity contribution < 1.29 is 21.9 Å². The molecule has 1 aliphatic heterocycles. The van der Waals surface area contributed by atoms with E-state index < -0.39 is 13.5 Å². The Kier molecular flexibility index (Phi) is 10.3. The van der Waals surface area contributed by atoms with Gasteiger partial charge in [0, 0.05) is 5.69 Å². The zero-order valence-electron chi connectivity index (χ0n) is 18.6. The van der Waals surface area contributed by atoms with Gasteiger partial charge in [-0.15, -0.1) is 6.42 Å². The molecule has 3 aromatic carbocycles. The van der Waals surface area contributed by atoms with E-state index in [4.69, 9.17) is 27.7 Å². The number of para-hydroxylation sites is 2. The average molecular weight is 589 g/mol. The Labute approximate surface area is 214 Å². The summed E-state index contributed by atoms with van der Waals surface area (Å²) in [6.07, 6.45) is 5.37. The monoisotopic (exact) mass is 588 g/mol. The zero-order chi connectivity index (χ0) is 23.6. The number of nitrogens with zero attached hydrogens (tertiary/aromatic N) is 1. The van der Waals surface area contributed by atoms with E-state index in [2.05, 4.69) is 56.6 Å². The van der Waals surface area contributed by atoms with E-state index in [1.54, 1.807) is 0 Å². The Bertz CT molecular complexity index is 1100. The number of aryl methyl sites for hydroxylation is 3. The van der Waals surface area contributed by atoms with Crippen LogP contribution in [-0.4, -0.2) is 4.61 Å². The molecule has 0 radical (unpaired) electrons. The molecule has 33 heavy (non-hydrogen) atoms. The van der Waals surface area contributed by atoms with Crippen LogP contribution in [0.5, 0.6) is 11.5 Å². The first-order valence-electron chi connectivity index (χ1n) is 10.3. The fraction of sp³-hybridized carbons (Fsp3) is 0.154. The molecular formula is C26H26Cl2NO2RuS-. The Balaban J connectivity index is 0.000000194. The third kappa shape index (κ3) is 8.19. The summed E-state index contributed by atoms with van der Waals surface area (Å²) in [6.45, 7) is 8.71. The van der Waals surface area contributed by atoms with Crippen molar-refractivity contribution in [1.29, 1.82) is 0 Å². The topological polar surface area (TPSA) is 21.7 Å². The first-order chi connectivity index (χ1) is 15.9. The van der Waals surface area contributed by atoms with Gasteiger partial charge in [0.1, 0.15) is 0 Å². The molecule has 7 heteroatoms. The van der Waals surface area contributed by atoms with E-state index in [0.29, 0.717) is 5.75 Å². The molecule has 0 bridgehead atoms. The third-order valence-electron chi connectivity index (χ3n) is 4.70. The van der Waals surface area contributed by atoms with Crippen LogP contribution < -0.4 is 13.3 Å². The minimum atomic E-state index is -1.87. The van der Waals surface area contributed by atoms with E-state index in [-0.39, 0.29) is 0 Å². The summed E-state index contributed by atoms with van der Waals surface area (Å²) in [7, 11) is 11.7. The van der Waals surface area contributed by atoms with E-state index in [9.17, 15) is 0 Å². The molecular weight excluding hydrogens is 562 g/mol. The van der Waals surface area contributed by atoms with Gasteiger partial charge in [-0.25, -0.2) is 6.54 Å². The van der Waals surface area contributed by atoms with Crippen molar-refractivity contribution in [2.24, 2.45) is 0 Å². The standard InChI is InChI=1S/C13H16N.C13H10O2S.2ClH.Ru/c1-10-8-11(2)13(12(3)9-10)14-6-4-5-7-14;1-11-7-5-6-10-13(11)15-16-14-12-8-3-2-4-9-12;;;/h4,6-9H,5H2,1-3H3;1-10H;2*1H;/q-1;;;;+2/p-2. The number of hydrogen-bond acceptors (Lipinski definition) is 4. The molecule has 0 unspecified atom stereocenters. The van der Waals surface area contributed by atoms with Crippen molar-refractivity contribution in [1.82, 2.24) is 0 Å². The van der Waals surface area contributed by atoms with Gasteiger partial charge in [-0.3, -0.25) is 0 Å². The van der Waals surface area contributed by atoms with Gasteiger partial charge in [0.15, 0.2) is 0 Å². The van der Waals surface area contributed by atoms with Crippen LogP contribution in [0.1, 0.15) is 28.7 Å². The van der Waals surface area contributed by atoms with Gasteiger partial charge in [-0.1, -0.05) is 23.8 Å². The summed E-state index contributed by atoms with van der Waals surface area (Å²) in [5, 5.41) is 0. The second-order valence-corrected chi connectivity index (χ2v) is 13.5. The molecule has 0 amide bonds. The Morgan fingerprint density at radius 2 is 1.61 bits per heavy atom. The molecule has 0 aromatic heterocycles. The summed E-state index contributed by atoms with van der Waals surface area (Å²) in [6, 6.07) is 21.5. The molecule has 0 saturated carbocycles. The number of rotatable bonds is 6. The Morgan fingerprint density at radius 3 is 2.24 bits per heavy atom.